The van der Waals surface area contributed by atoms with Gasteiger partial charge >= 0.3 is 0 Å². The monoisotopic (exact) mass is 404 g/mol. The highest BCUT2D eigenvalue weighted by atomic mass is 79.9. The summed E-state index contributed by atoms with van der Waals surface area (Å²) >= 11 is 3.40. The van der Waals surface area contributed by atoms with E-state index < -0.39 is 5.91 Å². The van der Waals surface area contributed by atoms with Crippen LogP contribution in [0.4, 0.5) is 5.88 Å². The van der Waals surface area contributed by atoms with Crippen molar-refractivity contribution in [3.63, 3.8) is 0 Å². The van der Waals surface area contributed by atoms with E-state index in [1.807, 2.05) is 6.07 Å². The quantitative estimate of drug-likeness (QED) is 0.754. The summed E-state index contributed by atoms with van der Waals surface area (Å²) in [6, 6.07) is 5.57. The average Bonchev–Trinajstić information content (AvgIpc) is 2.85. The Balaban J connectivity index is 2.20. The van der Waals surface area contributed by atoms with E-state index in [2.05, 4.69) is 21.2 Å². The van der Waals surface area contributed by atoms with E-state index in [-0.39, 0.29) is 5.88 Å². The number of hydrogen-bond acceptors (Lipinski definition) is 5. The molecule has 1 heterocycles. The zero-order valence-electron chi connectivity index (χ0n) is 14.3. The molecule has 0 saturated heterocycles. The maximum atomic E-state index is 12.1. The fraction of sp³-hybridized carbons (Fsp3) is 0.222. The van der Waals surface area contributed by atoms with Crippen LogP contribution in [-0.2, 0) is 4.79 Å². The molecule has 0 aliphatic rings. The molecular weight excluding hydrogens is 388 g/mol. The first kappa shape index (κ1) is 18.6. The molecule has 25 heavy (non-hydrogen) atoms. The first-order valence-corrected chi connectivity index (χ1v) is 8.11. The number of carbonyl (C=O) groups excluding carboxylic acids is 1. The third kappa shape index (κ3) is 4.03. The molecule has 0 fully saturated rings. The van der Waals surface area contributed by atoms with Crippen molar-refractivity contribution in [3.05, 3.63) is 45.1 Å². The van der Waals surface area contributed by atoms with Gasteiger partial charge in [-0.15, -0.1) is 0 Å². The third-order valence-electron chi connectivity index (χ3n) is 3.62. The van der Waals surface area contributed by atoms with E-state index in [0.29, 0.717) is 32.9 Å². The topological polar surface area (TPSA) is 84.5 Å². The van der Waals surface area contributed by atoms with Gasteiger partial charge in [0.25, 0.3) is 5.91 Å². The summed E-state index contributed by atoms with van der Waals surface area (Å²) in [5.74, 6) is 1.46. The Kier molecular flexibility index (Phi) is 5.88. The number of methoxy groups -OCH3 is 2. The van der Waals surface area contributed by atoms with Crippen LogP contribution in [0.1, 0.15) is 22.5 Å². The molecule has 0 saturated carbocycles. The lowest BCUT2D eigenvalue weighted by atomic mass is 10.1. The van der Waals surface area contributed by atoms with Crippen LogP contribution < -0.4 is 14.8 Å². The van der Waals surface area contributed by atoms with E-state index in [0.717, 1.165) is 5.56 Å². The molecule has 6 nitrogen and oxygen atoms in total. The number of rotatable bonds is 5. The summed E-state index contributed by atoms with van der Waals surface area (Å²) in [5.41, 5.74) is 1.78. The van der Waals surface area contributed by atoms with Crippen LogP contribution in [0.3, 0.4) is 0 Å². The van der Waals surface area contributed by atoms with Crippen LogP contribution in [0.25, 0.3) is 6.08 Å². The van der Waals surface area contributed by atoms with Crippen molar-refractivity contribution in [1.29, 1.82) is 5.26 Å². The highest BCUT2D eigenvalue weighted by Gasteiger charge is 2.15. The van der Waals surface area contributed by atoms with Gasteiger partial charge < -0.3 is 13.9 Å². The Morgan fingerprint density at radius 3 is 2.64 bits per heavy atom. The molecule has 0 spiro atoms. The van der Waals surface area contributed by atoms with Crippen molar-refractivity contribution in [3.8, 4) is 17.6 Å². The lowest BCUT2D eigenvalue weighted by Crippen LogP contribution is -2.08. The molecule has 2 aromatic rings. The molecule has 1 aromatic heterocycles. The van der Waals surface area contributed by atoms with E-state index >= 15 is 0 Å². The highest BCUT2D eigenvalue weighted by Crippen LogP contribution is 2.36. The van der Waals surface area contributed by atoms with Gasteiger partial charge in [0, 0.05) is 11.6 Å². The minimum Gasteiger partial charge on any atom is -0.493 e. The Labute approximate surface area is 154 Å². The number of nitrogens with zero attached hydrogens (tertiary/aromatic N) is 1. The van der Waals surface area contributed by atoms with E-state index in [4.69, 9.17) is 19.2 Å². The van der Waals surface area contributed by atoms with E-state index in [1.165, 1.54) is 13.2 Å². The number of furan rings is 1. The molecule has 0 aliphatic heterocycles. The van der Waals surface area contributed by atoms with Crippen molar-refractivity contribution in [1.82, 2.24) is 0 Å². The number of nitriles is 1. The minimum absolute atomic E-state index is 0.153. The largest absolute Gasteiger partial charge is 0.493 e. The van der Waals surface area contributed by atoms with Crippen molar-refractivity contribution < 1.29 is 18.7 Å². The number of ether oxygens (including phenoxy) is 2. The average molecular weight is 405 g/mol. The van der Waals surface area contributed by atoms with Crippen molar-refractivity contribution >= 4 is 33.8 Å². The summed E-state index contributed by atoms with van der Waals surface area (Å²) < 4.78 is 16.6. The molecule has 0 unspecified atom stereocenters. The summed E-state index contributed by atoms with van der Waals surface area (Å²) in [7, 11) is 3.08. The fourth-order valence-electron chi connectivity index (χ4n) is 2.21. The number of halogens is 1. The number of aryl methyl sites for hydroxylation is 1. The zero-order chi connectivity index (χ0) is 18.6. The molecular formula is C18H17BrN2O4. The van der Waals surface area contributed by atoms with Crippen LogP contribution in [-0.4, -0.2) is 20.1 Å². The SMILES string of the molecule is COc1cc(/C=C/C(=O)Nc2oc(C)c(C)c2C#N)cc(Br)c1OC. The van der Waals surface area contributed by atoms with Gasteiger partial charge in [-0.25, -0.2) is 0 Å². The number of anilines is 1. The summed E-state index contributed by atoms with van der Waals surface area (Å²) in [4.78, 5) is 12.1. The summed E-state index contributed by atoms with van der Waals surface area (Å²) in [6.07, 6.45) is 2.97. The number of amides is 1. The van der Waals surface area contributed by atoms with Gasteiger partial charge in [0.15, 0.2) is 11.5 Å². The van der Waals surface area contributed by atoms with Crippen LogP contribution in [0.15, 0.2) is 27.1 Å². The molecule has 1 amide bonds. The van der Waals surface area contributed by atoms with Gasteiger partial charge in [-0.3, -0.25) is 10.1 Å². The van der Waals surface area contributed by atoms with Crippen LogP contribution in [0.5, 0.6) is 11.5 Å². The first-order chi connectivity index (χ1) is 11.9. The molecule has 0 radical (unpaired) electrons. The minimum atomic E-state index is -0.406. The molecule has 1 N–H and O–H groups in total. The Morgan fingerprint density at radius 2 is 2.04 bits per heavy atom. The van der Waals surface area contributed by atoms with Crippen molar-refractivity contribution in [2.75, 3.05) is 19.5 Å². The number of carbonyl (C=O) groups is 1. The van der Waals surface area contributed by atoms with Gasteiger partial charge in [0.05, 0.1) is 18.7 Å². The molecule has 0 bridgehead atoms. The number of hydrogen-bond donors (Lipinski definition) is 1. The smallest absolute Gasteiger partial charge is 0.250 e. The van der Waals surface area contributed by atoms with Crippen molar-refractivity contribution in [2.24, 2.45) is 0 Å². The van der Waals surface area contributed by atoms with Crippen LogP contribution in [0, 0.1) is 25.2 Å². The van der Waals surface area contributed by atoms with Crippen molar-refractivity contribution in [2.45, 2.75) is 13.8 Å². The zero-order valence-corrected chi connectivity index (χ0v) is 15.9. The predicted octanol–water partition coefficient (Wildman–Crippen LogP) is 4.20. The Hall–Kier alpha value is -2.72. The van der Waals surface area contributed by atoms with Gasteiger partial charge in [0.2, 0.25) is 5.88 Å². The summed E-state index contributed by atoms with van der Waals surface area (Å²) in [6.45, 7) is 3.51. The van der Waals surface area contributed by atoms with Crippen LogP contribution in [0.2, 0.25) is 0 Å². The van der Waals surface area contributed by atoms with Gasteiger partial charge in [0.1, 0.15) is 17.4 Å². The lowest BCUT2D eigenvalue weighted by Gasteiger charge is -2.10. The molecule has 2 rings (SSSR count). The number of benzene rings is 1. The number of nitrogens with one attached hydrogen (secondary N) is 1. The van der Waals surface area contributed by atoms with Crippen LogP contribution >= 0.6 is 15.9 Å². The highest BCUT2D eigenvalue weighted by molar-refractivity contribution is 9.10. The first-order valence-electron chi connectivity index (χ1n) is 7.32. The normalized spacial score (nSPS) is 10.6. The maximum absolute atomic E-state index is 12.1. The fourth-order valence-corrected chi connectivity index (χ4v) is 2.83. The molecule has 0 atom stereocenters. The second kappa shape index (κ2) is 7.90. The molecule has 0 aliphatic carbocycles. The molecule has 130 valence electrons. The predicted molar refractivity (Wildman–Crippen MR) is 97.8 cm³/mol. The second-order valence-electron chi connectivity index (χ2n) is 5.16. The Morgan fingerprint density at radius 1 is 1.32 bits per heavy atom. The van der Waals surface area contributed by atoms with E-state index in [1.54, 1.807) is 39.2 Å². The Bertz CT molecular complexity index is 878. The van der Waals surface area contributed by atoms with Gasteiger partial charge in [-0.05, 0) is 53.5 Å². The molecule has 7 heteroatoms. The third-order valence-corrected chi connectivity index (χ3v) is 4.21. The molecule has 1 aromatic carbocycles. The lowest BCUT2D eigenvalue weighted by molar-refractivity contribution is -0.111. The van der Waals surface area contributed by atoms with E-state index in [9.17, 15) is 4.79 Å². The standard InChI is InChI=1S/C18H17BrN2O4/c1-10-11(2)25-18(13(10)9-20)21-16(22)6-5-12-7-14(19)17(24-4)15(8-12)23-3/h5-8H,1-4H3,(H,21,22)/b6-5+. The van der Waals surface area contributed by atoms with Gasteiger partial charge in [-0.2, -0.15) is 5.26 Å². The van der Waals surface area contributed by atoms with Gasteiger partial charge in [-0.1, -0.05) is 0 Å². The summed E-state index contributed by atoms with van der Waals surface area (Å²) in [5, 5.41) is 11.7. The second-order valence-corrected chi connectivity index (χ2v) is 6.01. The maximum Gasteiger partial charge on any atom is 0.250 e.